The number of rotatable bonds is 7. The van der Waals surface area contributed by atoms with Crippen molar-refractivity contribution in [1.82, 2.24) is 19.1 Å². The van der Waals surface area contributed by atoms with E-state index in [1.807, 2.05) is 36.1 Å². The summed E-state index contributed by atoms with van der Waals surface area (Å²) in [6.45, 7) is 5.13. The van der Waals surface area contributed by atoms with E-state index in [-0.39, 0.29) is 6.61 Å². The summed E-state index contributed by atoms with van der Waals surface area (Å²) in [6.07, 6.45) is 5.88. The van der Waals surface area contributed by atoms with Gasteiger partial charge in [-0.25, -0.2) is 9.97 Å². The van der Waals surface area contributed by atoms with E-state index in [1.54, 1.807) is 0 Å². The van der Waals surface area contributed by atoms with Crippen LogP contribution in [-0.4, -0.2) is 24.2 Å². The van der Waals surface area contributed by atoms with Crippen LogP contribution in [0.2, 0.25) is 0 Å². The molecule has 34 heavy (non-hydrogen) atoms. The molecule has 0 atom stereocenters. The van der Waals surface area contributed by atoms with Gasteiger partial charge in [0.05, 0.1) is 29.7 Å². The Bertz CT molecular complexity index is 1440. The minimum atomic E-state index is 0.0390. The second-order valence-electron chi connectivity index (χ2n) is 8.96. The lowest BCUT2D eigenvalue weighted by atomic mass is 9.99. The van der Waals surface area contributed by atoms with Gasteiger partial charge in [0.25, 0.3) is 0 Å². The molecule has 0 fully saturated rings. The van der Waals surface area contributed by atoms with Crippen molar-refractivity contribution in [1.29, 1.82) is 0 Å². The van der Waals surface area contributed by atoms with Crippen LogP contribution in [0.25, 0.3) is 33.4 Å². The summed E-state index contributed by atoms with van der Waals surface area (Å²) in [5.41, 5.74) is 9.84. The third-order valence-corrected chi connectivity index (χ3v) is 6.39. The van der Waals surface area contributed by atoms with Gasteiger partial charge in [-0.3, -0.25) is 0 Å². The Morgan fingerprint density at radius 1 is 0.971 bits per heavy atom. The lowest BCUT2D eigenvalue weighted by Crippen LogP contribution is -2.05. The molecule has 0 radical (unpaired) electrons. The van der Waals surface area contributed by atoms with Crippen LogP contribution in [-0.2, 0) is 26.6 Å². The minimum Gasteiger partial charge on any atom is -0.392 e. The molecular weight excluding hydrogens is 420 g/mol. The van der Waals surface area contributed by atoms with Gasteiger partial charge in [-0.1, -0.05) is 55.5 Å². The second kappa shape index (κ2) is 9.27. The molecule has 5 aromatic rings. The lowest BCUT2D eigenvalue weighted by molar-refractivity contribution is 0.282. The van der Waals surface area contributed by atoms with Crippen molar-refractivity contribution < 1.29 is 5.11 Å². The number of benzene rings is 3. The molecule has 5 rings (SSSR count). The summed E-state index contributed by atoms with van der Waals surface area (Å²) in [5, 5.41) is 9.70. The van der Waals surface area contributed by atoms with Crippen molar-refractivity contribution in [2.24, 2.45) is 7.05 Å². The monoisotopic (exact) mass is 450 g/mol. The van der Waals surface area contributed by atoms with Gasteiger partial charge in [0.15, 0.2) is 0 Å². The number of imidazole rings is 2. The predicted octanol–water partition coefficient (Wildman–Crippen LogP) is 5.91. The van der Waals surface area contributed by atoms with Crippen LogP contribution < -0.4 is 0 Å². The zero-order valence-electron chi connectivity index (χ0n) is 20.0. The summed E-state index contributed by atoms with van der Waals surface area (Å²) >= 11 is 0. The maximum Gasteiger partial charge on any atom is 0.110 e. The lowest BCUT2D eigenvalue weighted by Gasteiger charge is -2.12. The highest BCUT2D eigenvalue weighted by molar-refractivity contribution is 5.85. The summed E-state index contributed by atoms with van der Waals surface area (Å²) in [6, 6.07) is 21.1. The van der Waals surface area contributed by atoms with E-state index in [0.717, 1.165) is 64.2 Å². The van der Waals surface area contributed by atoms with E-state index in [1.165, 1.54) is 11.1 Å². The maximum atomic E-state index is 9.70. The number of aryl methyl sites for hydroxylation is 3. The third kappa shape index (κ3) is 4.15. The molecule has 0 spiro atoms. The van der Waals surface area contributed by atoms with Crippen molar-refractivity contribution in [3.63, 3.8) is 0 Å². The van der Waals surface area contributed by atoms with Gasteiger partial charge in [-0.2, -0.15) is 0 Å². The van der Waals surface area contributed by atoms with Gasteiger partial charge < -0.3 is 14.2 Å². The Hall–Kier alpha value is -3.70. The number of hydrogen-bond acceptors (Lipinski definition) is 3. The van der Waals surface area contributed by atoms with E-state index < -0.39 is 0 Å². The van der Waals surface area contributed by atoms with Crippen LogP contribution in [0.4, 0.5) is 0 Å². The Morgan fingerprint density at radius 2 is 1.76 bits per heavy atom. The van der Waals surface area contributed by atoms with Crippen LogP contribution in [0.15, 0.2) is 73.2 Å². The van der Waals surface area contributed by atoms with Gasteiger partial charge in [0.1, 0.15) is 5.82 Å². The number of aliphatic hydroxyl groups is 1. The van der Waals surface area contributed by atoms with Crippen LogP contribution in [0.1, 0.15) is 35.9 Å². The number of aliphatic hydroxyl groups excluding tert-OH is 1. The molecule has 0 saturated carbocycles. The molecule has 2 heterocycles. The van der Waals surface area contributed by atoms with E-state index in [9.17, 15) is 5.11 Å². The van der Waals surface area contributed by atoms with Gasteiger partial charge in [-0.15, -0.1) is 0 Å². The van der Waals surface area contributed by atoms with Crippen molar-refractivity contribution in [3.05, 3.63) is 95.7 Å². The van der Waals surface area contributed by atoms with Gasteiger partial charge in [-0.05, 0) is 53.3 Å². The Balaban J connectivity index is 1.54. The van der Waals surface area contributed by atoms with Gasteiger partial charge >= 0.3 is 0 Å². The molecule has 0 aliphatic rings. The highest BCUT2D eigenvalue weighted by atomic mass is 16.3. The van der Waals surface area contributed by atoms with Crippen LogP contribution >= 0.6 is 0 Å². The maximum absolute atomic E-state index is 9.70. The fourth-order valence-corrected chi connectivity index (χ4v) is 4.65. The van der Waals surface area contributed by atoms with Crippen molar-refractivity contribution in [2.75, 3.05) is 0 Å². The molecule has 0 aliphatic carbocycles. The first-order chi connectivity index (χ1) is 16.6. The molecular formula is C29H30N4O. The molecule has 0 bridgehead atoms. The van der Waals surface area contributed by atoms with Crippen LogP contribution in [0.5, 0.6) is 0 Å². The van der Waals surface area contributed by atoms with Crippen molar-refractivity contribution in [3.8, 4) is 22.4 Å². The minimum absolute atomic E-state index is 0.0390. The topological polar surface area (TPSA) is 55.9 Å². The van der Waals surface area contributed by atoms with E-state index in [2.05, 4.69) is 72.1 Å². The Labute approximate surface area is 200 Å². The molecule has 2 aromatic heterocycles. The zero-order chi connectivity index (χ0) is 23.7. The van der Waals surface area contributed by atoms with Crippen molar-refractivity contribution in [2.45, 2.75) is 39.8 Å². The number of hydrogen-bond donors (Lipinski definition) is 1. The van der Waals surface area contributed by atoms with Crippen LogP contribution in [0.3, 0.4) is 0 Å². The van der Waals surface area contributed by atoms with E-state index >= 15 is 0 Å². The number of aromatic nitrogens is 4. The molecule has 0 saturated heterocycles. The quantitative estimate of drug-likeness (QED) is 0.336. The fraction of sp³-hybridized carbons (Fsp3) is 0.241. The molecule has 3 aromatic carbocycles. The van der Waals surface area contributed by atoms with E-state index in [0.29, 0.717) is 0 Å². The molecule has 0 aliphatic heterocycles. The first-order valence-electron chi connectivity index (χ1n) is 11.8. The first kappa shape index (κ1) is 22.1. The van der Waals surface area contributed by atoms with Gasteiger partial charge in [0, 0.05) is 31.8 Å². The Kier molecular flexibility index (Phi) is 6.03. The molecule has 0 unspecified atom stereocenters. The molecule has 5 nitrogen and oxygen atoms in total. The average Bonchev–Trinajstić information content (AvgIpc) is 3.44. The van der Waals surface area contributed by atoms with E-state index in [4.69, 9.17) is 4.98 Å². The fourth-order valence-electron chi connectivity index (χ4n) is 4.65. The zero-order valence-corrected chi connectivity index (χ0v) is 20.0. The predicted molar refractivity (Wildman–Crippen MR) is 138 cm³/mol. The Morgan fingerprint density at radius 3 is 2.47 bits per heavy atom. The smallest absolute Gasteiger partial charge is 0.110 e. The summed E-state index contributed by atoms with van der Waals surface area (Å²) in [5.74, 6) is 1.12. The van der Waals surface area contributed by atoms with Crippen LogP contribution in [0, 0.1) is 6.92 Å². The van der Waals surface area contributed by atoms with Gasteiger partial charge in [0.2, 0.25) is 0 Å². The highest BCUT2D eigenvalue weighted by Crippen LogP contribution is 2.29. The first-order valence-corrected chi connectivity index (χ1v) is 11.8. The SMILES string of the molecule is CCCc1nc2c(C)cc(-c3cn(C)cn3)cc2n1Cc1ccc(-c2ccccc2CO)cc1. The summed E-state index contributed by atoms with van der Waals surface area (Å²) in [4.78, 5) is 9.59. The molecule has 1 N–H and O–H groups in total. The molecule has 0 amide bonds. The highest BCUT2D eigenvalue weighted by Gasteiger charge is 2.15. The largest absolute Gasteiger partial charge is 0.392 e. The average molecular weight is 451 g/mol. The second-order valence-corrected chi connectivity index (χ2v) is 8.96. The standard InChI is InChI=1S/C29H30N4O/c1-4-7-28-31-29-20(2)14-24(26-17-32(3)19-30-26)15-27(29)33(28)16-21-10-12-22(13-11-21)25-9-6-5-8-23(25)18-34/h5-6,8-15,17,19,34H,4,7,16,18H2,1-3H3. The summed E-state index contributed by atoms with van der Waals surface area (Å²) in [7, 11) is 1.99. The molecule has 5 heteroatoms. The summed E-state index contributed by atoms with van der Waals surface area (Å²) < 4.78 is 4.33. The normalized spacial score (nSPS) is 11.4. The van der Waals surface area contributed by atoms with Crippen molar-refractivity contribution >= 4 is 11.0 Å². The molecule has 172 valence electrons. The third-order valence-electron chi connectivity index (χ3n) is 6.39. The number of nitrogens with zero attached hydrogens (tertiary/aromatic N) is 4. The number of fused-ring (bicyclic) bond motifs is 1.